The first-order valence-corrected chi connectivity index (χ1v) is 7.39. The molecule has 0 fully saturated rings. The highest BCUT2D eigenvalue weighted by Gasteiger charge is 2.18. The zero-order valence-electron chi connectivity index (χ0n) is 12.2. The Morgan fingerprint density at radius 2 is 1.75 bits per heavy atom. The Morgan fingerprint density at radius 3 is 2.19 bits per heavy atom. The zero-order valence-corrected chi connectivity index (χ0v) is 12.2. The van der Waals surface area contributed by atoms with Gasteiger partial charge in [0.2, 0.25) is 0 Å². The van der Waals surface area contributed by atoms with Crippen LogP contribution in [0.3, 0.4) is 0 Å². The summed E-state index contributed by atoms with van der Waals surface area (Å²) in [5.41, 5.74) is 1.73. The predicted octanol–water partition coefficient (Wildman–Crippen LogP) is 5.98. The van der Waals surface area contributed by atoms with Crippen LogP contribution in [0.25, 0.3) is 0 Å². The van der Waals surface area contributed by atoms with E-state index in [2.05, 4.69) is 40.7 Å². The van der Waals surface area contributed by atoms with Crippen molar-refractivity contribution in [3.05, 3.63) is 11.6 Å². The summed E-state index contributed by atoms with van der Waals surface area (Å²) in [5.74, 6) is 1.70. The zero-order chi connectivity index (χ0) is 12.4. The van der Waals surface area contributed by atoms with Gasteiger partial charge in [0.05, 0.1) is 0 Å². The minimum atomic E-state index is 0.849. The van der Waals surface area contributed by atoms with Gasteiger partial charge in [-0.15, -0.1) is 0 Å². The van der Waals surface area contributed by atoms with E-state index < -0.39 is 0 Å². The molecular weight excluding hydrogens is 192 g/mol. The SMILES string of the molecule is CCC/C=C(\CC)C(CCCC)C(C)CC. The van der Waals surface area contributed by atoms with Crippen LogP contribution < -0.4 is 0 Å². The lowest BCUT2D eigenvalue weighted by molar-refractivity contribution is 0.358. The number of unbranched alkanes of at least 4 members (excludes halogenated alkanes) is 2. The molecule has 2 unspecified atom stereocenters. The number of rotatable bonds is 9. The van der Waals surface area contributed by atoms with Gasteiger partial charge in [-0.1, -0.05) is 72.0 Å². The quantitative estimate of drug-likeness (QED) is 0.423. The van der Waals surface area contributed by atoms with Crippen molar-refractivity contribution in [2.45, 2.75) is 79.6 Å². The van der Waals surface area contributed by atoms with Crippen molar-refractivity contribution in [3.8, 4) is 0 Å². The van der Waals surface area contributed by atoms with Gasteiger partial charge in [0.15, 0.2) is 0 Å². The fourth-order valence-electron chi connectivity index (χ4n) is 2.43. The van der Waals surface area contributed by atoms with Gasteiger partial charge in [0.1, 0.15) is 0 Å². The van der Waals surface area contributed by atoms with E-state index in [1.807, 2.05) is 0 Å². The van der Waals surface area contributed by atoms with Crippen LogP contribution >= 0.6 is 0 Å². The normalized spacial score (nSPS) is 16.2. The van der Waals surface area contributed by atoms with Crippen LogP contribution in [0.5, 0.6) is 0 Å². The van der Waals surface area contributed by atoms with Crippen molar-refractivity contribution in [2.24, 2.45) is 11.8 Å². The van der Waals surface area contributed by atoms with Gasteiger partial charge < -0.3 is 0 Å². The number of hydrogen-bond donors (Lipinski definition) is 0. The van der Waals surface area contributed by atoms with Crippen LogP contribution in [0.15, 0.2) is 11.6 Å². The predicted molar refractivity (Wildman–Crippen MR) is 75.8 cm³/mol. The molecule has 0 aliphatic heterocycles. The monoisotopic (exact) mass is 224 g/mol. The van der Waals surface area contributed by atoms with E-state index in [-0.39, 0.29) is 0 Å². The van der Waals surface area contributed by atoms with Gasteiger partial charge in [0.25, 0.3) is 0 Å². The lowest BCUT2D eigenvalue weighted by Gasteiger charge is -2.25. The number of allylic oxidation sites excluding steroid dienone is 2. The topological polar surface area (TPSA) is 0 Å². The highest BCUT2D eigenvalue weighted by Crippen LogP contribution is 2.30. The van der Waals surface area contributed by atoms with Crippen LogP contribution in [0, 0.1) is 11.8 Å². The van der Waals surface area contributed by atoms with Crippen LogP contribution in [0.2, 0.25) is 0 Å². The van der Waals surface area contributed by atoms with Crippen LogP contribution in [-0.2, 0) is 0 Å². The summed E-state index contributed by atoms with van der Waals surface area (Å²) in [6.45, 7) is 11.7. The summed E-state index contributed by atoms with van der Waals surface area (Å²) in [6, 6.07) is 0. The first kappa shape index (κ1) is 15.7. The van der Waals surface area contributed by atoms with Crippen molar-refractivity contribution >= 4 is 0 Å². The molecule has 0 amide bonds. The summed E-state index contributed by atoms with van der Waals surface area (Å²) in [5, 5.41) is 0. The molecule has 0 heterocycles. The molecule has 0 aromatic heterocycles. The molecule has 0 saturated carbocycles. The van der Waals surface area contributed by atoms with Crippen molar-refractivity contribution in [1.82, 2.24) is 0 Å². The van der Waals surface area contributed by atoms with Crippen molar-refractivity contribution < 1.29 is 0 Å². The second kappa shape index (κ2) is 9.93. The third-order valence-electron chi connectivity index (χ3n) is 3.78. The van der Waals surface area contributed by atoms with Crippen molar-refractivity contribution in [1.29, 1.82) is 0 Å². The van der Waals surface area contributed by atoms with Gasteiger partial charge in [-0.25, -0.2) is 0 Å². The molecule has 0 heteroatoms. The first-order chi connectivity index (χ1) is 7.71. The summed E-state index contributed by atoms with van der Waals surface area (Å²) in [4.78, 5) is 0. The minimum absolute atomic E-state index is 0.849. The Balaban J connectivity index is 4.54. The first-order valence-electron chi connectivity index (χ1n) is 7.39. The Morgan fingerprint density at radius 1 is 1.06 bits per heavy atom. The molecule has 0 saturated heterocycles. The Kier molecular flexibility index (Phi) is 9.77. The van der Waals surface area contributed by atoms with E-state index in [0.717, 1.165) is 11.8 Å². The second-order valence-electron chi connectivity index (χ2n) is 5.06. The molecule has 96 valence electrons. The summed E-state index contributed by atoms with van der Waals surface area (Å²) in [6.07, 6.45) is 11.8. The smallest absolute Gasteiger partial charge is 0.0178 e. The minimum Gasteiger partial charge on any atom is -0.0851 e. The highest BCUT2D eigenvalue weighted by molar-refractivity contribution is 5.07. The fraction of sp³-hybridized carbons (Fsp3) is 0.875. The van der Waals surface area contributed by atoms with Gasteiger partial charge in [-0.2, -0.15) is 0 Å². The van der Waals surface area contributed by atoms with E-state index in [9.17, 15) is 0 Å². The number of hydrogen-bond acceptors (Lipinski definition) is 0. The van der Waals surface area contributed by atoms with E-state index in [1.54, 1.807) is 5.57 Å². The lowest BCUT2D eigenvalue weighted by Crippen LogP contribution is -2.14. The van der Waals surface area contributed by atoms with Crippen LogP contribution in [0.4, 0.5) is 0 Å². The molecule has 0 aliphatic carbocycles. The van der Waals surface area contributed by atoms with Crippen LogP contribution in [0.1, 0.15) is 79.6 Å². The van der Waals surface area contributed by atoms with Gasteiger partial charge in [-0.3, -0.25) is 0 Å². The molecule has 2 atom stereocenters. The van der Waals surface area contributed by atoms with E-state index in [4.69, 9.17) is 0 Å². The van der Waals surface area contributed by atoms with Gasteiger partial charge >= 0.3 is 0 Å². The van der Waals surface area contributed by atoms with E-state index in [1.165, 1.54) is 44.9 Å². The molecular formula is C16H32. The third kappa shape index (κ3) is 5.72. The maximum atomic E-state index is 2.52. The van der Waals surface area contributed by atoms with E-state index in [0.29, 0.717) is 0 Å². The fourth-order valence-corrected chi connectivity index (χ4v) is 2.43. The molecule has 0 aromatic rings. The van der Waals surface area contributed by atoms with Crippen molar-refractivity contribution in [2.75, 3.05) is 0 Å². The standard InChI is InChI=1S/C16H32/c1-6-10-12-15(9-4)16(13-11-7-2)14(5)8-3/h12,14,16H,6-11,13H2,1-5H3/b15-12+. The second-order valence-corrected chi connectivity index (χ2v) is 5.06. The summed E-state index contributed by atoms with van der Waals surface area (Å²) in [7, 11) is 0. The highest BCUT2D eigenvalue weighted by atomic mass is 14.2. The molecule has 0 rings (SSSR count). The average Bonchev–Trinajstić information content (AvgIpc) is 2.32. The lowest BCUT2D eigenvalue weighted by atomic mass is 9.80. The molecule has 16 heavy (non-hydrogen) atoms. The third-order valence-corrected chi connectivity index (χ3v) is 3.78. The maximum absolute atomic E-state index is 2.52. The van der Waals surface area contributed by atoms with Crippen molar-refractivity contribution in [3.63, 3.8) is 0 Å². The summed E-state index contributed by atoms with van der Waals surface area (Å²) < 4.78 is 0. The van der Waals surface area contributed by atoms with Gasteiger partial charge in [-0.05, 0) is 31.1 Å². The molecule has 0 aromatic carbocycles. The molecule has 0 spiro atoms. The summed E-state index contributed by atoms with van der Waals surface area (Å²) >= 11 is 0. The molecule has 0 aliphatic rings. The van der Waals surface area contributed by atoms with Crippen LogP contribution in [-0.4, -0.2) is 0 Å². The maximum Gasteiger partial charge on any atom is -0.0178 e. The molecule has 0 N–H and O–H groups in total. The molecule has 0 nitrogen and oxygen atoms in total. The van der Waals surface area contributed by atoms with E-state index >= 15 is 0 Å². The molecule has 0 bridgehead atoms. The largest absolute Gasteiger partial charge is 0.0851 e. The Hall–Kier alpha value is -0.260. The Labute approximate surface area is 104 Å². The van der Waals surface area contributed by atoms with Gasteiger partial charge in [0, 0.05) is 0 Å². The molecule has 0 radical (unpaired) electrons. The Bertz CT molecular complexity index is 178. The average molecular weight is 224 g/mol.